The lowest BCUT2D eigenvalue weighted by atomic mass is 10.1. The number of benzene rings is 1. The summed E-state index contributed by atoms with van der Waals surface area (Å²) < 4.78 is 5.36. The van der Waals surface area contributed by atoms with Crippen molar-refractivity contribution in [2.75, 3.05) is 36.5 Å². The summed E-state index contributed by atoms with van der Waals surface area (Å²) >= 11 is 1.40. The number of aromatic nitrogens is 2. The van der Waals surface area contributed by atoms with E-state index in [0.29, 0.717) is 5.13 Å². The van der Waals surface area contributed by atoms with E-state index in [-0.39, 0.29) is 5.91 Å². The number of carbonyl (C=O) groups excluding carboxylic acids is 1. The summed E-state index contributed by atoms with van der Waals surface area (Å²) in [4.78, 5) is 14.2. The van der Waals surface area contributed by atoms with Crippen LogP contribution in [0, 0.1) is 0 Å². The number of hydrogen-bond donors (Lipinski definition) is 1. The molecule has 1 amide bonds. The second-order valence-corrected chi connectivity index (χ2v) is 6.43. The van der Waals surface area contributed by atoms with E-state index in [9.17, 15) is 4.79 Å². The van der Waals surface area contributed by atoms with Crippen LogP contribution >= 0.6 is 11.3 Å². The molecule has 1 aliphatic rings. The van der Waals surface area contributed by atoms with Gasteiger partial charge in [0, 0.05) is 24.9 Å². The van der Waals surface area contributed by atoms with E-state index in [4.69, 9.17) is 4.74 Å². The van der Waals surface area contributed by atoms with E-state index in [2.05, 4.69) is 32.5 Å². The zero-order valence-corrected chi connectivity index (χ0v) is 14.4. The summed E-state index contributed by atoms with van der Waals surface area (Å²) in [5.41, 5.74) is 2.16. The predicted octanol–water partition coefficient (Wildman–Crippen LogP) is 2.59. The number of nitrogens with zero attached hydrogens (tertiary/aromatic N) is 3. The highest BCUT2D eigenvalue weighted by Gasteiger charge is 2.10. The van der Waals surface area contributed by atoms with Crippen LogP contribution < -0.4 is 10.2 Å². The summed E-state index contributed by atoms with van der Waals surface area (Å²) in [6, 6.07) is 8.16. The van der Waals surface area contributed by atoms with Crippen LogP contribution in [0.3, 0.4) is 0 Å². The maximum Gasteiger partial charge on any atom is 0.250 e. The van der Waals surface area contributed by atoms with E-state index < -0.39 is 0 Å². The van der Waals surface area contributed by atoms with Crippen LogP contribution in [0.25, 0.3) is 6.08 Å². The minimum atomic E-state index is -0.203. The first-order valence-electron chi connectivity index (χ1n) is 7.99. The van der Waals surface area contributed by atoms with Crippen molar-refractivity contribution in [1.29, 1.82) is 0 Å². The van der Waals surface area contributed by atoms with Gasteiger partial charge in [-0.3, -0.25) is 10.1 Å². The number of nitrogens with one attached hydrogen (secondary N) is 1. The average molecular weight is 344 g/mol. The summed E-state index contributed by atoms with van der Waals surface area (Å²) in [6.45, 7) is 5.38. The molecule has 1 fully saturated rings. The van der Waals surface area contributed by atoms with Gasteiger partial charge in [0.2, 0.25) is 11.0 Å². The Balaban J connectivity index is 1.56. The Hall–Kier alpha value is -2.25. The molecule has 1 aliphatic heterocycles. The third-order valence-electron chi connectivity index (χ3n) is 3.70. The average Bonchev–Trinajstić information content (AvgIpc) is 3.09. The Bertz CT molecular complexity index is 706. The third kappa shape index (κ3) is 4.39. The van der Waals surface area contributed by atoms with Gasteiger partial charge in [0.05, 0.1) is 13.2 Å². The van der Waals surface area contributed by atoms with Crippen molar-refractivity contribution < 1.29 is 9.53 Å². The Morgan fingerprint density at radius 1 is 1.29 bits per heavy atom. The standard InChI is InChI=1S/C17H20N4O2S/c1-2-16-19-20-17(24-16)18-15(22)8-5-13-3-6-14(7-4-13)21-9-11-23-12-10-21/h3-8H,2,9-12H2,1H3,(H,18,20,22)/b8-5+. The summed E-state index contributed by atoms with van der Waals surface area (Å²) in [5.74, 6) is -0.203. The zero-order valence-electron chi connectivity index (χ0n) is 13.6. The molecule has 1 saturated heterocycles. The van der Waals surface area contributed by atoms with Gasteiger partial charge in [0.25, 0.3) is 0 Å². The molecule has 1 aromatic heterocycles. The molecule has 126 valence electrons. The van der Waals surface area contributed by atoms with Crippen molar-refractivity contribution in [1.82, 2.24) is 10.2 Å². The van der Waals surface area contributed by atoms with Crippen LogP contribution in [0.2, 0.25) is 0 Å². The molecule has 0 saturated carbocycles. The Labute approximate surface area is 145 Å². The monoisotopic (exact) mass is 344 g/mol. The van der Waals surface area contributed by atoms with E-state index in [0.717, 1.165) is 43.3 Å². The molecule has 0 spiro atoms. The number of ether oxygens (including phenoxy) is 1. The highest BCUT2D eigenvalue weighted by atomic mass is 32.1. The lowest BCUT2D eigenvalue weighted by Gasteiger charge is -2.28. The van der Waals surface area contributed by atoms with Crippen molar-refractivity contribution in [3.63, 3.8) is 0 Å². The van der Waals surface area contributed by atoms with Gasteiger partial charge >= 0.3 is 0 Å². The second-order valence-electron chi connectivity index (χ2n) is 5.37. The van der Waals surface area contributed by atoms with Gasteiger partial charge in [-0.2, -0.15) is 0 Å². The fraction of sp³-hybridized carbons (Fsp3) is 0.353. The lowest BCUT2D eigenvalue weighted by molar-refractivity contribution is -0.111. The second kappa shape index (κ2) is 8.03. The summed E-state index contributed by atoms with van der Waals surface area (Å²) in [6.07, 6.45) is 4.12. The van der Waals surface area contributed by atoms with Crippen LogP contribution in [0.4, 0.5) is 10.8 Å². The minimum absolute atomic E-state index is 0.203. The normalized spacial score (nSPS) is 15.0. The maximum atomic E-state index is 11.9. The van der Waals surface area contributed by atoms with Crippen molar-refractivity contribution >= 4 is 34.1 Å². The molecular formula is C17H20N4O2S. The first-order chi connectivity index (χ1) is 11.7. The molecule has 3 rings (SSSR count). The maximum absolute atomic E-state index is 11.9. The number of rotatable bonds is 5. The molecule has 0 aliphatic carbocycles. The molecular weight excluding hydrogens is 324 g/mol. The smallest absolute Gasteiger partial charge is 0.250 e. The largest absolute Gasteiger partial charge is 0.378 e. The van der Waals surface area contributed by atoms with E-state index in [1.54, 1.807) is 6.08 Å². The molecule has 2 aromatic rings. The topological polar surface area (TPSA) is 67.4 Å². The Morgan fingerprint density at radius 2 is 2.04 bits per heavy atom. The number of amides is 1. The van der Waals surface area contributed by atoms with Crippen LogP contribution in [-0.4, -0.2) is 42.4 Å². The number of carbonyl (C=O) groups is 1. The Kier molecular flexibility index (Phi) is 5.55. The van der Waals surface area contributed by atoms with Gasteiger partial charge in [-0.25, -0.2) is 0 Å². The molecule has 0 unspecified atom stereocenters. The van der Waals surface area contributed by atoms with E-state index in [1.807, 2.05) is 19.1 Å². The van der Waals surface area contributed by atoms with Gasteiger partial charge in [0.15, 0.2) is 0 Å². The van der Waals surface area contributed by atoms with Crippen LogP contribution in [-0.2, 0) is 16.0 Å². The molecule has 0 bridgehead atoms. The summed E-state index contributed by atoms with van der Waals surface area (Å²) in [5, 5.41) is 12.1. The highest BCUT2D eigenvalue weighted by Crippen LogP contribution is 2.18. The van der Waals surface area contributed by atoms with Crippen LogP contribution in [0.15, 0.2) is 30.3 Å². The zero-order chi connectivity index (χ0) is 16.8. The van der Waals surface area contributed by atoms with Crippen LogP contribution in [0.1, 0.15) is 17.5 Å². The number of morpholine rings is 1. The van der Waals surface area contributed by atoms with Gasteiger partial charge in [-0.1, -0.05) is 30.4 Å². The molecule has 2 heterocycles. The molecule has 1 aromatic carbocycles. The minimum Gasteiger partial charge on any atom is -0.378 e. The molecule has 24 heavy (non-hydrogen) atoms. The molecule has 1 N–H and O–H groups in total. The lowest BCUT2D eigenvalue weighted by Crippen LogP contribution is -2.36. The number of anilines is 2. The van der Waals surface area contributed by atoms with Gasteiger partial charge in [0.1, 0.15) is 5.01 Å². The number of hydrogen-bond acceptors (Lipinski definition) is 6. The van der Waals surface area contributed by atoms with Crippen molar-refractivity contribution in [3.05, 3.63) is 40.9 Å². The van der Waals surface area contributed by atoms with Crippen LogP contribution in [0.5, 0.6) is 0 Å². The summed E-state index contributed by atoms with van der Waals surface area (Å²) in [7, 11) is 0. The van der Waals surface area contributed by atoms with Crippen molar-refractivity contribution in [2.45, 2.75) is 13.3 Å². The first-order valence-corrected chi connectivity index (χ1v) is 8.80. The highest BCUT2D eigenvalue weighted by molar-refractivity contribution is 7.15. The fourth-order valence-electron chi connectivity index (χ4n) is 2.38. The molecule has 0 atom stereocenters. The van der Waals surface area contributed by atoms with E-state index in [1.165, 1.54) is 23.1 Å². The van der Waals surface area contributed by atoms with Gasteiger partial charge < -0.3 is 9.64 Å². The quantitative estimate of drug-likeness (QED) is 0.845. The number of aryl methyl sites for hydroxylation is 1. The Morgan fingerprint density at radius 3 is 2.71 bits per heavy atom. The first kappa shape index (κ1) is 16.6. The predicted molar refractivity (Wildman–Crippen MR) is 96.4 cm³/mol. The third-order valence-corrected chi connectivity index (χ3v) is 4.68. The molecule has 6 nitrogen and oxygen atoms in total. The fourth-order valence-corrected chi connectivity index (χ4v) is 3.07. The van der Waals surface area contributed by atoms with Gasteiger partial charge in [-0.15, -0.1) is 10.2 Å². The van der Waals surface area contributed by atoms with Gasteiger partial charge in [-0.05, 0) is 30.2 Å². The SMILES string of the molecule is CCc1nnc(NC(=O)/C=C/c2ccc(N3CCOCC3)cc2)s1. The van der Waals surface area contributed by atoms with Crippen molar-refractivity contribution in [2.24, 2.45) is 0 Å². The molecule has 0 radical (unpaired) electrons. The molecule has 7 heteroatoms. The van der Waals surface area contributed by atoms with E-state index >= 15 is 0 Å². The van der Waals surface area contributed by atoms with Crippen molar-refractivity contribution in [3.8, 4) is 0 Å².